The van der Waals surface area contributed by atoms with Gasteiger partial charge in [0.15, 0.2) is 0 Å². The van der Waals surface area contributed by atoms with Gasteiger partial charge < -0.3 is 9.80 Å². The maximum atomic E-state index is 2.65. The van der Waals surface area contributed by atoms with Gasteiger partial charge in [0.2, 0.25) is 0 Å². The molecule has 0 fully saturated rings. The van der Waals surface area contributed by atoms with Crippen molar-refractivity contribution in [3.05, 3.63) is 175 Å². The van der Waals surface area contributed by atoms with Crippen molar-refractivity contribution in [2.24, 2.45) is 0 Å². The van der Waals surface area contributed by atoms with Crippen molar-refractivity contribution in [3.63, 3.8) is 0 Å². The average molecular weight is 845 g/mol. The van der Waals surface area contributed by atoms with Gasteiger partial charge in [0, 0.05) is 52.3 Å². The smallest absolute Gasteiger partial charge is 0.252 e. The summed E-state index contributed by atoms with van der Waals surface area (Å²) in [6, 6.07) is 62.6. The molecule has 0 unspecified atom stereocenters. The molecule has 63 heavy (non-hydrogen) atoms. The van der Waals surface area contributed by atoms with E-state index in [-0.39, 0.29) is 17.5 Å². The van der Waals surface area contributed by atoms with Gasteiger partial charge in [0.1, 0.15) is 0 Å². The number of rotatable bonds is 2. The Morgan fingerprint density at radius 1 is 0.349 bits per heavy atom. The van der Waals surface area contributed by atoms with Gasteiger partial charge in [0.05, 0.1) is 11.4 Å². The molecule has 2 nitrogen and oxygen atoms in total. The van der Waals surface area contributed by atoms with Crippen LogP contribution in [0.3, 0.4) is 0 Å². The molecule has 0 N–H and O–H groups in total. The van der Waals surface area contributed by atoms with Crippen LogP contribution in [0.2, 0.25) is 0 Å². The first-order chi connectivity index (χ1) is 30.5. The molecule has 0 saturated carbocycles. The van der Waals surface area contributed by atoms with Gasteiger partial charge in [-0.3, -0.25) is 0 Å². The summed E-state index contributed by atoms with van der Waals surface area (Å²) in [7, 11) is 0. The number of benzene rings is 9. The van der Waals surface area contributed by atoms with Gasteiger partial charge in [0.25, 0.3) is 6.71 Å². The van der Waals surface area contributed by atoms with Crippen LogP contribution in [0.1, 0.15) is 52.7 Å². The van der Waals surface area contributed by atoms with Crippen molar-refractivity contribution >= 4 is 142 Å². The van der Waals surface area contributed by atoms with Gasteiger partial charge in [-0.2, -0.15) is 0 Å². The predicted molar refractivity (Wildman–Crippen MR) is 279 cm³/mol. The predicted octanol–water partition coefficient (Wildman–Crippen LogP) is 15.4. The third-order valence-corrected chi connectivity index (χ3v) is 16.0. The third-order valence-electron chi connectivity index (χ3n) is 13.8. The van der Waals surface area contributed by atoms with E-state index in [1.807, 2.05) is 22.7 Å². The van der Waals surface area contributed by atoms with E-state index in [4.69, 9.17) is 0 Å². The summed E-state index contributed by atoms with van der Waals surface area (Å²) < 4.78 is 5.29. The molecule has 2 aliphatic heterocycles. The molecular weight excluding hydrogens is 800 g/mol. The Labute approximate surface area is 376 Å². The lowest BCUT2D eigenvalue weighted by Crippen LogP contribution is -2.61. The summed E-state index contributed by atoms with van der Waals surface area (Å²) in [6.07, 6.45) is 0. The van der Waals surface area contributed by atoms with Crippen molar-refractivity contribution in [3.8, 4) is 0 Å². The number of thiophene rings is 2. The van der Waals surface area contributed by atoms with Crippen molar-refractivity contribution in [1.82, 2.24) is 0 Å². The van der Waals surface area contributed by atoms with Gasteiger partial charge >= 0.3 is 0 Å². The minimum atomic E-state index is -0.138. The first-order valence-corrected chi connectivity index (χ1v) is 23.8. The molecule has 2 aromatic heterocycles. The summed E-state index contributed by atoms with van der Waals surface area (Å²) in [5, 5.41) is 10.5. The molecule has 9 aromatic carbocycles. The largest absolute Gasteiger partial charge is 0.311 e. The first-order valence-electron chi connectivity index (χ1n) is 22.2. The molecule has 2 aliphatic rings. The zero-order valence-electron chi connectivity index (χ0n) is 36.4. The second-order valence-corrected chi connectivity index (χ2v) is 21.9. The Bertz CT molecular complexity index is 3510. The second kappa shape index (κ2) is 13.1. The summed E-state index contributed by atoms with van der Waals surface area (Å²) in [6.45, 7) is 14.3. The lowest BCUT2D eigenvalue weighted by atomic mass is 9.33. The molecule has 13 rings (SSSR count). The van der Waals surface area contributed by atoms with Crippen molar-refractivity contribution in [1.29, 1.82) is 0 Å². The lowest BCUT2D eigenvalue weighted by Gasteiger charge is -2.46. The molecule has 0 aliphatic carbocycles. The summed E-state index contributed by atoms with van der Waals surface area (Å²) in [4.78, 5) is 5.29. The topological polar surface area (TPSA) is 6.48 Å². The molecule has 302 valence electrons. The minimum absolute atomic E-state index is 0.00286. The summed E-state index contributed by atoms with van der Waals surface area (Å²) in [5.74, 6) is 0. The van der Waals surface area contributed by atoms with Crippen LogP contribution in [-0.4, -0.2) is 6.71 Å². The molecule has 11 aromatic rings. The first kappa shape index (κ1) is 37.2. The molecular formula is C58H45BN2S2. The maximum Gasteiger partial charge on any atom is 0.252 e. The maximum absolute atomic E-state index is 2.65. The molecule has 0 atom stereocenters. The molecule has 0 spiro atoms. The van der Waals surface area contributed by atoms with E-state index in [1.165, 1.54) is 124 Å². The Morgan fingerprint density at radius 2 is 0.762 bits per heavy atom. The Balaban J connectivity index is 1.20. The highest BCUT2D eigenvalue weighted by Crippen LogP contribution is 2.52. The highest BCUT2D eigenvalue weighted by Gasteiger charge is 2.45. The van der Waals surface area contributed by atoms with Crippen molar-refractivity contribution in [2.75, 3.05) is 9.80 Å². The second-order valence-electron chi connectivity index (χ2n) is 19.7. The molecule has 0 radical (unpaired) electrons. The summed E-state index contributed by atoms with van der Waals surface area (Å²) >= 11 is 3.82. The Kier molecular flexibility index (Phi) is 7.72. The van der Waals surface area contributed by atoms with E-state index < -0.39 is 0 Å². The minimum Gasteiger partial charge on any atom is -0.311 e. The molecule has 0 amide bonds. The van der Waals surface area contributed by atoms with Crippen LogP contribution >= 0.6 is 22.7 Å². The number of hydrogen-bond acceptors (Lipinski definition) is 4. The molecule has 4 heterocycles. The average Bonchev–Trinajstić information content (AvgIpc) is 3.83. The zero-order valence-corrected chi connectivity index (χ0v) is 38.0. The van der Waals surface area contributed by atoms with Crippen molar-refractivity contribution < 1.29 is 0 Å². The summed E-state index contributed by atoms with van der Waals surface area (Å²) in [5.41, 5.74) is 14.0. The van der Waals surface area contributed by atoms with Crippen LogP contribution < -0.4 is 26.2 Å². The highest BCUT2D eigenvalue weighted by atomic mass is 32.1. The van der Waals surface area contributed by atoms with E-state index >= 15 is 0 Å². The van der Waals surface area contributed by atoms with Gasteiger partial charge in [-0.05, 0) is 119 Å². The molecule has 0 saturated heterocycles. The van der Waals surface area contributed by atoms with Crippen LogP contribution in [0.5, 0.6) is 0 Å². The normalized spacial score (nSPS) is 13.8. The van der Waals surface area contributed by atoms with E-state index in [0.717, 1.165) is 0 Å². The quantitative estimate of drug-likeness (QED) is 0.160. The van der Waals surface area contributed by atoms with E-state index in [0.29, 0.717) is 0 Å². The third kappa shape index (κ3) is 5.30. The Hall–Kier alpha value is -6.40. The zero-order chi connectivity index (χ0) is 42.5. The fraction of sp³-hybridized carbons (Fsp3) is 0.138. The van der Waals surface area contributed by atoms with Crippen LogP contribution in [0.15, 0.2) is 164 Å². The van der Waals surface area contributed by atoms with Gasteiger partial charge in [-0.1, -0.05) is 157 Å². The lowest BCUT2D eigenvalue weighted by molar-refractivity contribution is 0.596. The SMILES string of the molecule is CC(C)(C)c1c(N2c3cc4sc5ccccc5c4cc3B3c4cc5c(cc4N(c4ccc6ccccc6c4C(C)(C)C)c4cccc2c43)sc2ccccc25)ccc2ccccc12. The number of hydrogen-bond donors (Lipinski definition) is 0. The monoisotopic (exact) mass is 844 g/mol. The number of anilines is 6. The van der Waals surface area contributed by atoms with Crippen molar-refractivity contribution in [2.45, 2.75) is 52.4 Å². The van der Waals surface area contributed by atoms with Gasteiger partial charge in [-0.15, -0.1) is 22.7 Å². The molecule has 5 heteroatoms. The van der Waals surface area contributed by atoms with E-state index in [1.54, 1.807) is 0 Å². The van der Waals surface area contributed by atoms with Crippen LogP contribution in [0.4, 0.5) is 34.1 Å². The van der Waals surface area contributed by atoms with Crippen LogP contribution in [0, 0.1) is 0 Å². The van der Waals surface area contributed by atoms with Crippen LogP contribution in [0.25, 0.3) is 61.9 Å². The highest BCUT2D eigenvalue weighted by molar-refractivity contribution is 7.26. The Morgan fingerprint density at radius 3 is 1.21 bits per heavy atom. The van der Waals surface area contributed by atoms with E-state index in [2.05, 4.69) is 215 Å². The molecule has 0 bridgehead atoms. The van der Waals surface area contributed by atoms with Gasteiger partial charge in [-0.25, -0.2) is 0 Å². The van der Waals surface area contributed by atoms with Crippen LogP contribution in [-0.2, 0) is 10.8 Å². The van der Waals surface area contributed by atoms with E-state index in [9.17, 15) is 0 Å². The fourth-order valence-electron chi connectivity index (χ4n) is 11.4. The standard InChI is InChI=1S/C58H45BN2S2/c1-57(2,3)54-36-18-9-7-16-34(36)26-28-44(54)60-46-22-15-23-47-56(46)59(42-30-40-38-20-11-13-24-50(38)62-52(40)32-48(42)60)43-31-41-39-21-12-14-25-51(39)63-53(41)33-49(43)61(47)45-29-27-35-17-8-10-19-37(35)55(45)58(4,5)6/h7-33H,1-6H3. The fourth-order valence-corrected chi connectivity index (χ4v) is 13.6. The number of nitrogens with zero attached hydrogens (tertiary/aromatic N) is 2. The number of fused-ring (bicyclic) bond motifs is 12.